The standard InChI is InChI=1S/C27H48NO9PSSi/c1-11-17-33-25(31)28-23(30)27(20(5)37-40(9,10)26(6,7)8,19-38(34-12-2,35-13-3)36-14-4)24(28)39-22(29)21-16-15-18-32-21/h11,19-21,24H,1,12-18H2,2-10H3/t20-,21-,24-,27+/m1/s1. The molecule has 0 bridgehead atoms. The molecule has 0 aliphatic carbocycles. The summed E-state index contributed by atoms with van der Waals surface area (Å²) in [5.41, 5.74) is -1.49. The van der Waals surface area contributed by atoms with Crippen molar-refractivity contribution in [1.82, 2.24) is 4.90 Å². The number of carbonyl (C=O) groups is 3. The Morgan fingerprint density at radius 1 is 1.20 bits per heavy atom. The highest BCUT2D eigenvalue weighted by molar-refractivity contribution is 8.14. The molecule has 4 atom stereocenters. The topological polar surface area (TPSA) is 110 Å². The Morgan fingerprint density at radius 3 is 2.23 bits per heavy atom. The van der Waals surface area contributed by atoms with Crippen molar-refractivity contribution in [2.45, 2.75) is 97.0 Å². The molecule has 13 heteroatoms. The average Bonchev–Trinajstić information content (AvgIpc) is 3.40. The van der Waals surface area contributed by atoms with Gasteiger partial charge in [-0.3, -0.25) is 9.59 Å². The number of ether oxygens (including phenoxy) is 2. The Labute approximate surface area is 245 Å². The lowest BCUT2D eigenvalue weighted by atomic mass is 9.76. The molecule has 0 radical (unpaired) electrons. The molecule has 2 rings (SSSR count). The zero-order valence-electron chi connectivity index (χ0n) is 25.5. The van der Waals surface area contributed by atoms with Gasteiger partial charge in [0, 0.05) is 12.4 Å². The predicted molar refractivity (Wildman–Crippen MR) is 162 cm³/mol. The van der Waals surface area contributed by atoms with E-state index in [4.69, 9.17) is 27.5 Å². The van der Waals surface area contributed by atoms with Crippen LogP contribution in [0.15, 0.2) is 12.7 Å². The maximum Gasteiger partial charge on any atom is 0.417 e. The van der Waals surface area contributed by atoms with Gasteiger partial charge >= 0.3 is 6.09 Å². The van der Waals surface area contributed by atoms with Crippen LogP contribution in [0.3, 0.4) is 0 Å². The first-order valence-electron chi connectivity index (χ1n) is 14.0. The fourth-order valence-corrected chi connectivity index (χ4v) is 9.83. The van der Waals surface area contributed by atoms with Crippen LogP contribution >= 0.6 is 19.3 Å². The van der Waals surface area contributed by atoms with E-state index in [2.05, 4.69) is 40.4 Å². The van der Waals surface area contributed by atoms with Crippen LogP contribution in [-0.4, -0.2) is 86.7 Å². The third-order valence-electron chi connectivity index (χ3n) is 7.42. The molecular formula is C27H48NO9PSSi. The van der Waals surface area contributed by atoms with E-state index < -0.39 is 50.9 Å². The number of hydrogen-bond acceptors (Lipinski definition) is 10. The highest BCUT2D eigenvalue weighted by Gasteiger charge is 2.68. The van der Waals surface area contributed by atoms with Crippen molar-refractivity contribution in [2.24, 2.45) is 5.41 Å². The van der Waals surface area contributed by atoms with Crippen LogP contribution in [0.1, 0.15) is 61.3 Å². The fraction of sp³-hybridized carbons (Fsp3) is 0.778. The number of amides is 2. The molecule has 0 spiro atoms. The van der Waals surface area contributed by atoms with E-state index in [0.29, 0.717) is 13.0 Å². The van der Waals surface area contributed by atoms with Gasteiger partial charge in [-0.05, 0) is 58.7 Å². The Balaban J connectivity index is 2.77. The lowest BCUT2D eigenvalue weighted by Gasteiger charge is -2.56. The van der Waals surface area contributed by atoms with E-state index in [0.717, 1.165) is 23.1 Å². The van der Waals surface area contributed by atoms with E-state index in [1.165, 1.54) is 6.08 Å². The summed E-state index contributed by atoms with van der Waals surface area (Å²) in [6.07, 6.45) is 0.528. The van der Waals surface area contributed by atoms with Crippen LogP contribution in [0, 0.1) is 5.41 Å². The summed E-state index contributed by atoms with van der Waals surface area (Å²) in [6, 6.07) is 0. The molecule has 0 saturated carbocycles. The number of likely N-dealkylation sites (tertiary alicyclic amines) is 1. The van der Waals surface area contributed by atoms with Crippen molar-refractivity contribution in [3.8, 4) is 0 Å². The van der Waals surface area contributed by atoms with Crippen LogP contribution in [0.25, 0.3) is 0 Å². The number of nitrogens with zero attached hydrogens (tertiary/aromatic N) is 1. The first-order valence-corrected chi connectivity index (χ1v) is 19.4. The van der Waals surface area contributed by atoms with Crippen LogP contribution in [0.5, 0.6) is 0 Å². The number of carbonyl (C=O) groups excluding carboxylic acids is 3. The van der Waals surface area contributed by atoms with Crippen molar-refractivity contribution < 1.29 is 41.9 Å². The summed E-state index contributed by atoms with van der Waals surface area (Å²) >= 11 is 0.891. The van der Waals surface area contributed by atoms with E-state index >= 15 is 0 Å². The van der Waals surface area contributed by atoms with Gasteiger partial charge in [0.25, 0.3) is 7.57 Å². The molecule has 40 heavy (non-hydrogen) atoms. The predicted octanol–water partition coefficient (Wildman–Crippen LogP) is 5.99. The lowest BCUT2D eigenvalue weighted by Crippen LogP contribution is -2.75. The fourth-order valence-electron chi connectivity index (χ4n) is 4.39. The van der Waals surface area contributed by atoms with Crippen molar-refractivity contribution in [2.75, 3.05) is 33.0 Å². The van der Waals surface area contributed by atoms with Crippen LogP contribution in [0.2, 0.25) is 18.1 Å². The summed E-state index contributed by atoms with van der Waals surface area (Å²) in [6.45, 7) is 22.5. The van der Waals surface area contributed by atoms with Gasteiger partial charge < -0.3 is 27.5 Å². The van der Waals surface area contributed by atoms with Gasteiger partial charge in [-0.25, -0.2) is 9.69 Å². The summed E-state index contributed by atoms with van der Waals surface area (Å²) in [4.78, 5) is 41.8. The molecule has 0 aromatic carbocycles. The van der Waals surface area contributed by atoms with Gasteiger partial charge in [0.1, 0.15) is 23.5 Å². The van der Waals surface area contributed by atoms with E-state index in [1.807, 2.05) is 27.7 Å². The second-order valence-electron chi connectivity index (χ2n) is 11.2. The zero-order valence-corrected chi connectivity index (χ0v) is 28.2. The van der Waals surface area contributed by atoms with Crippen LogP contribution in [0.4, 0.5) is 4.79 Å². The van der Waals surface area contributed by atoms with Crippen LogP contribution in [-0.2, 0) is 37.1 Å². The molecule has 2 heterocycles. The first-order chi connectivity index (χ1) is 18.7. The van der Waals surface area contributed by atoms with Gasteiger partial charge in [-0.2, -0.15) is 0 Å². The maximum atomic E-state index is 14.3. The lowest BCUT2D eigenvalue weighted by molar-refractivity contribution is -0.159. The molecule has 2 fully saturated rings. The van der Waals surface area contributed by atoms with E-state index in [1.54, 1.807) is 5.80 Å². The second kappa shape index (κ2) is 14.5. The highest BCUT2D eigenvalue weighted by atomic mass is 32.2. The number of rotatable bonds is 14. The number of β-lactam (4-membered cyclic amide) rings is 1. The first kappa shape index (κ1) is 35.2. The van der Waals surface area contributed by atoms with Crippen molar-refractivity contribution in [1.29, 1.82) is 0 Å². The zero-order chi connectivity index (χ0) is 30.4. The maximum absolute atomic E-state index is 14.3. The quantitative estimate of drug-likeness (QED) is 0.0993. The molecule has 230 valence electrons. The van der Waals surface area contributed by atoms with Crippen molar-refractivity contribution >= 4 is 50.6 Å². The Hall–Kier alpha value is -0.983. The van der Waals surface area contributed by atoms with Gasteiger partial charge in [0.2, 0.25) is 11.0 Å². The van der Waals surface area contributed by atoms with Gasteiger partial charge in [0.05, 0.1) is 25.9 Å². The summed E-state index contributed by atoms with van der Waals surface area (Å²) in [5.74, 6) is 1.10. The molecule has 10 nitrogen and oxygen atoms in total. The van der Waals surface area contributed by atoms with E-state index in [-0.39, 0.29) is 36.6 Å². The molecule has 2 aliphatic rings. The van der Waals surface area contributed by atoms with Gasteiger partial charge in [-0.1, -0.05) is 45.2 Å². The monoisotopic (exact) mass is 621 g/mol. The summed E-state index contributed by atoms with van der Waals surface area (Å²) in [5, 5.41) is -1.42. The minimum Gasteiger partial charge on any atom is -0.445 e. The number of imide groups is 1. The smallest absolute Gasteiger partial charge is 0.417 e. The third kappa shape index (κ3) is 7.50. The number of thioether (sulfide) groups is 1. The Bertz CT molecular complexity index is 956. The summed E-state index contributed by atoms with van der Waals surface area (Å²) < 4.78 is 36.0. The molecule has 0 aromatic heterocycles. The molecule has 2 amide bonds. The van der Waals surface area contributed by atoms with Crippen molar-refractivity contribution in [3.63, 3.8) is 0 Å². The normalized spacial score (nSPS) is 24.4. The van der Waals surface area contributed by atoms with Gasteiger partial charge in [0.15, 0.2) is 8.32 Å². The van der Waals surface area contributed by atoms with Crippen LogP contribution < -0.4 is 0 Å². The second-order valence-corrected chi connectivity index (χ2v) is 19.2. The minimum atomic E-state index is -3.23. The molecule has 2 aliphatic heterocycles. The Morgan fingerprint density at radius 2 is 1.77 bits per heavy atom. The number of hydrogen-bond donors (Lipinski definition) is 0. The molecule has 0 unspecified atom stereocenters. The average molecular weight is 622 g/mol. The molecule has 0 N–H and O–H groups in total. The highest BCUT2D eigenvalue weighted by Crippen LogP contribution is 2.59. The molecule has 0 aromatic rings. The van der Waals surface area contributed by atoms with Crippen molar-refractivity contribution in [3.05, 3.63) is 12.7 Å². The largest absolute Gasteiger partial charge is 0.445 e. The van der Waals surface area contributed by atoms with Gasteiger partial charge in [-0.15, -0.1) is 0 Å². The minimum absolute atomic E-state index is 0.0831. The molecular weight excluding hydrogens is 573 g/mol. The summed E-state index contributed by atoms with van der Waals surface area (Å²) in [7, 11) is -5.66. The SMILES string of the molecule is C=CCOC(=O)N1C(=O)[C@](C=P(OCC)(OCC)OCC)([C@@H](C)O[Si](C)(C)C(C)(C)C)[C@H]1SC(=O)[C@H]1CCCO1. The third-order valence-corrected chi connectivity index (χ3v) is 15.9. The van der Waals surface area contributed by atoms with E-state index in [9.17, 15) is 14.4 Å². The molecule has 2 saturated heterocycles. The Kier molecular flexibility index (Phi) is 12.7.